The molecule has 125 heavy (non-hydrogen) atoms. The number of carboxylic acid groups (broad SMARTS) is 1. The van der Waals surface area contributed by atoms with Gasteiger partial charge in [-0.3, -0.25) is 53.5 Å². The number of nitrogens with two attached hydrogens (primary N) is 2. The van der Waals surface area contributed by atoms with Crippen LogP contribution in [0.15, 0.2) is 182 Å². The molecule has 0 aromatic heterocycles. The molecule has 4 fully saturated rings. The Morgan fingerprint density at radius 3 is 1.18 bits per heavy atom. The van der Waals surface area contributed by atoms with Gasteiger partial charge in [-0.05, 0) is 212 Å². The summed E-state index contributed by atoms with van der Waals surface area (Å²) in [5, 5.41) is 23.0. The fourth-order valence-corrected chi connectivity index (χ4v) is 18.6. The first kappa shape index (κ1) is 96.4. The number of allylic oxidation sites excluding steroid dienone is 2. The van der Waals surface area contributed by atoms with Crippen LogP contribution in [0.3, 0.4) is 0 Å². The average molecular weight is 1720 g/mol. The van der Waals surface area contributed by atoms with E-state index in [1.54, 1.807) is 12.1 Å². The van der Waals surface area contributed by atoms with E-state index in [1.807, 2.05) is 113 Å². The number of carboxylic acids is 1. The quantitative estimate of drug-likeness (QED) is 0.0307. The van der Waals surface area contributed by atoms with Crippen molar-refractivity contribution >= 4 is 91.8 Å². The predicted octanol–water partition coefficient (Wildman–Crippen LogP) is 18.4. The number of hydrogen-bond donors (Lipinski definition) is 4. The minimum absolute atomic E-state index is 0.0337. The van der Waals surface area contributed by atoms with Gasteiger partial charge in [0.05, 0.1) is 48.2 Å². The SMILES string of the molecule is CC(C)=CC(=O)Cl.CC1(C)CC(=O)Cc2ccc(N)cc21.CC1(C)CC(=O)Cc2ccc(NC(=O)c3cc(CN4CCOCC4)ccc3N3CCCC3)cc21.CC1(C)CC(=O)Cc2ccc([N+](=O)[O-])cc21.CC1(C)CC(=O)Cc2ccccc21.CC1(C)CC(=O)Cc2ccccc21.Nc1ccccc1.O=C(O)c1cc(CN2CCOCC2)ccc1N1CCCC1. The Morgan fingerprint density at radius 2 is 0.800 bits per heavy atom. The number of nitrogens with zero attached hydrogens (tertiary/aromatic N) is 5. The van der Waals surface area contributed by atoms with E-state index in [4.69, 9.17) is 32.5 Å². The van der Waals surface area contributed by atoms with Gasteiger partial charge in [0.2, 0.25) is 5.24 Å². The Morgan fingerprint density at radius 1 is 0.440 bits per heavy atom. The van der Waals surface area contributed by atoms with Crippen LogP contribution in [-0.4, -0.2) is 145 Å². The van der Waals surface area contributed by atoms with Crippen molar-refractivity contribution in [2.45, 2.75) is 213 Å². The smallest absolute Gasteiger partial charge is 0.337 e. The van der Waals surface area contributed by atoms with E-state index in [9.17, 15) is 53.6 Å². The summed E-state index contributed by atoms with van der Waals surface area (Å²) in [6.45, 7) is 36.8. The second-order valence-corrected chi connectivity index (χ2v) is 38.0. The number of nitrogens with one attached hydrogen (secondary N) is 1. The number of rotatable bonds is 11. The Bertz CT molecular complexity index is 5140. The number of amides is 1. The lowest BCUT2D eigenvalue weighted by atomic mass is 9.72. The second-order valence-electron chi connectivity index (χ2n) is 37.6. The number of carbonyl (C=O) groups is 8. The van der Waals surface area contributed by atoms with Gasteiger partial charge in [-0.1, -0.05) is 172 Å². The van der Waals surface area contributed by atoms with Gasteiger partial charge >= 0.3 is 5.97 Å². The molecule has 21 nitrogen and oxygen atoms in total. The number of ether oxygens (including phenoxy) is 2. The van der Waals surface area contributed by atoms with E-state index in [0.29, 0.717) is 87.1 Å². The molecule has 0 atom stereocenters. The number of fused-ring (bicyclic) bond motifs is 5. The zero-order chi connectivity index (χ0) is 90.6. The largest absolute Gasteiger partial charge is 0.478 e. The molecule has 0 saturated carbocycles. The summed E-state index contributed by atoms with van der Waals surface area (Å²) < 4.78 is 10.8. The molecule has 5 aliphatic carbocycles. The van der Waals surface area contributed by atoms with Crippen molar-refractivity contribution < 1.29 is 57.9 Å². The average Bonchev–Trinajstić information content (AvgIpc) is 1.03. The van der Waals surface area contributed by atoms with Gasteiger partial charge in [-0.15, -0.1) is 0 Å². The van der Waals surface area contributed by atoms with E-state index >= 15 is 0 Å². The van der Waals surface area contributed by atoms with E-state index in [1.165, 1.54) is 40.0 Å². The highest BCUT2D eigenvalue weighted by Gasteiger charge is 2.37. The number of nitro groups is 1. The summed E-state index contributed by atoms with van der Waals surface area (Å²) in [6, 6.07) is 54.9. The normalized spacial score (nSPS) is 18.3. The number of morpholine rings is 2. The first-order chi connectivity index (χ1) is 59.2. The number of Topliss-reactive ketones (excluding diaryl/α,β-unsaturated/α-hetero) is 5. The van der Waals surface area contributed by atoms with Crippen LogP contribution in [0.2, 0.25) is 0 Å². The Balaban J connectivity index is 0.000000157. The monoisotopic (exact) mass is 1720 g/mol. The molecule has 0 unspecified atom stereocenters. The Labute approximate surface area is 743 Å². The van der Waals surface area contributed by atoms with Crippen LogP contribution in [0.4, 0.5) is 34.1 Å². The van der Waals surface area contributed by atoms with Crippen molar-refractivity contribution in [3.8, 4) is 0 Å². The maximum absolute atomic E-state index is 13.6. The van der Waals surface area contributed by atoms with Gasteiger partial charge < -0.3 is 41.2 Å². The number of halogens is 1. The highest BCUT2D eigenvalue weighted by atomic mass is 35.5. The van der Waals surface area contributed by atoms with Crippen LogP contribution in [0.5, 0.6) is 0 Å². The highest BCUT2D eigenvalue weighted by molar-refractivity contribution is 6.66. The van der Waals surface area contributed by atoms with Crippen molar-refractivity contribution in [3.63, 3.8) is 0 Å². The standard InChI is InChI=1S/C28H35N3O3.C16H22N2O3.C12H13NO3.C12H15NO.2C12H14O.C6H7N.C5H7ClO/c1-28(2)18-23(32)16-21-6-7-22(17-25(21)28)29-27(33)24-15-20(19-30-11-13-34-14-12-30)5-8-26(24)31-9-3-4-10-31;19-16(20)14-11-13(12-17-7-9-21-10-8-17)3-4-15(14)18-5-1-2-6-18;1-12(2)7-10(14)5-8-3-4-9(13(15)16)6-11(8)12;1-12(2)7-10(14)5-8-3-4-9(13)6-11(8)12;2*1-12(2)8-10(13)7-9-5-3-4-6-11(9)12;7-6-4-2-1-3-5-6;1-4(2)3-5(6)7/h5-8,15,17H,3-4,9-14,16,18-19H2,1-2H3,(H,29,33);3-4,11H,1-2,5-10,12H2,(H,19,20);3-4,6H,5,7H2,1-2H3;3-4,6H,5,7,13H2,1-2H3;2*3-6H,7-8H2,1-2H3;1-5H,7H2;3H,1-2H3. The van der Waals surface area contributed by atoms with Crippen LogP contribution < -0.4 is 26.6 Å². The number of nitrogen functional groups attached to an aromatic ring is 2. The Hall–Kier alpha value is -10.8. The number of benzene rings is 8. The number of ketones is 5. The molecule has 8 aromatic carbocycles. The summed E-state index contributed by atoms with van der Waals surface area (Å²) in [7, 11) is 0. The first-order valence-corrected chi connectivity index (χ1v) is 44.2. The molecule has 9 aliphatic rings. The lowest BCUT2D eigenvalue weighted by molar-refractivity contribution is -0.385. The van der Waals surface area contributed by atoms with E-state index in [-0.39, 0.29) is 50.2 Å². The topological polar surface area (TPSA) is 295 Å². The minimum Gasteiger partial charge on any atom is -0.478 e. The molecule has 4 aliphatic heterocycles. The van der Waals surface area contributed by atoms with Gasteiger partial charge in [-0.2, -0.15) is 0 Å². The molecule has 664 valence electrons. The number of hydrogen-bond acceptors (Lipinski definition) is 18. The molecular weight excluding hydrogens is 1590 g/mol. The lowest BCUT2D eigenvalue weighted by Crippen LogP contribution is -2.35. The number of aromatic carboxylic acids is 1. The van der Waals surface area contributed by atoms with Crippen molar-refractivity contribution in [3.05, 3.63) is 270 Å². The maximum atomic E-state index is 13.6. The maximum Gasteiger partial charge on any atom is 0.337 e. The molecule has 8 aromatic rings. The number of anilines is 5. The van der Waals surface area contributed by atoms with Gasteiger partial charge in [0.15, 0.2) is 0 Å². The Kier molecular flexibility index (Phi) is 33.5. The molecule has 4 heterocycles. The molecule has 0 spiro atoms. The third-order valence-electron chi connectivity index (χ3n) is 24.3. The number of non-ortho nitro benzene ring substituents is 1. The number of para-hydroxylation sites is 1. The zero-order valence-electron chi connectivity index (χ0n) is 75.2. The molecule has 22 heteroatoms. The van der Waals surface area contributed by atoms with E-state index in [0.717, 1.165) is 196 Å². The molecule has 0 bridgehead atoms. The molecule has 17 rings (SSSR count). The van der Waals surface area contributed by atoms with Crippen molar-refractivity contribution in [2.24, 2.45) is 0 Å². The van der Waals surface area contributed by atoms with Crippen molar-refractivity contribution in [2.75, 3.05) is 105 Å². The van der Waals surface area contributed by atoms with Gasteiger partial charge in [0.25, 0.3) is 11.6 Å². The van der Waals surface area contributed by atoms with E-state index in [2.05, 4.69) is 147 Å². The molecule has 1 amide bonds. The summed E-state index contributed by atoms with van der Waals surface area (Å²) in [5.74, 6) is 0.628. The third-order valence-corrected chi connectivity index (χ3v) is 24.4. The van der Waals surface area contributed by atoms with Crippen LogP contribution in [0, 0.1) is 10.1 Å². The van der Waals surface area contributed by atoms with Crippen molar-refractivity contribution in [1.29, 1.82) is 0 Å². The summed E-state index contributed by atoms with van der Waals surface area (Å²) in [5.41, 5.74) is 30.9. The molecule has 6 N–H and O–H groups in total. The summed E-state index contributed by atoms with van der Waals surface area (Å²) >= 11 is 4.96. The zero-order valence-corrected chi connectivity index (χ0v) is 75.9. The molecular formula is C103H127ClN8O13. The molecule has 4 saturated heterocycles. The van der Waals surface area contributed by atoms with Gasteiger partial charge in [0, 0.05) is 165 Å². The van der Waals surface area contributed by atoms with E-state index < -0.39 is 16.1 Å². The predicted molar refractivity (Wildman–Crippen MR) is 499 cm³/mol. The third kappa shape index (κ3) is 27.6. The van der Waals surface area contributed by atoms with Gasteiger partial charge in [0.1, 0.15) is 28.9 Å². The highest BCUT2D eigenvalue weighted by Crippen LogP contribution is 2.42. The van der Waals surface area contributed by atoms with Crippen LogP contribution in [0.25, 0.3) is 0 Å². The minimum atomic E-state index is -0.833. The summed E-state index contributed by atoms with van der Waals surface area (Å²) in [4.78, 5) is 113. The first-order valence-electron chi connectivity index (χ1n) is 43.8. The fraction of sp³-hybridized carbons (Fsp3) is 0.437. The number of nitro benzene ring substituents is 1. The van der Waals surface area contributed by atoms with Gasteiger partial charge in [-0.25, -0.2) is 4.79 Å². The number of carbonyl (C=O) groups excluding carboxylic acids is 7. The van der Waals surface area contributed by atoms with Crippen LogP contribution in [0.1, 0.15) is 228 Å². The van der Waals surface area contributed by atoms with Crippen LogP contribution >= 0.6 is 11.6 Å². The fourth-order valence-electron chi connectivity index (χ4n) is 18.4. The lowest BCUT2D eigenvalue weighted by Gasteiger charge is -2.32. The second kappa shape index (κ2) is 43.4. The molecule has 0 radical (unpaired) electrons. The van der Waals surface area contributed by atoms with Crippen LogP contribution in [-0.2, 0) is 111 Å². The summed E-state index contributed by atoms with van der Waals surface area (Å²) in [6.07, 6.45) is 11.7. The van der Waals surface area contributed by atoms with Crippen molar-refractivity contribution in [1.82, 2.24) is 9.80 Å².